The van der Waals surface area contributed by atoms with Crippen molar-refractivity contribution in [3.63, 3.8) is 0 Å². The third-order valence-electron chi connectivity index (χ3n) is 4.15. The van der Waals surface area contributed by atoms with Gasteiger partial charge in [0.1, 0.15) is 11.5 Å². The lowest BCUT2D eigenvalue weighted by Crippen LogP contribution is -2.27. The van der Waals surface area contributed by atoms with E-state index in [-0.39, 0.29) is 35.7 Å². The van der Waals surface area contributed by atoms with Crippen molar-refractivity contribution in [2.75, 3.05) is 11.5 Å². The Labute approximate surface area is 175 Å². The van der Waals surface area contributed by atoms with E-state index in [0.717, 1.165) is 0 Å². The van der Waals surface area contributed by atoms with Gasteiger partial charge in [0.05, 0.1) is 0 Å². The largest absolute Gasteiger partial charge is 0.471 e. The summed E-state index contributed by atoms with van der Waals surface area (Å²) in [5.74, 6) is 0.0444. The zero-order valence-corrected chi connectivity index (χ0v) is 18.0. The fourth-order valence-corrected chi connectivity index (χ4v) is 4.00. The predicted octanol–water partition coefficient (Wildman–Crippen LogP) is 2.52. The van der Waals surface area contributed by atoms with Gasteiger partial charge in [0.25, 0.3) is 0 Å². The minimum absolute atomic E-state index is 0.0222. The first-order chi connectivity index (χ1) is 13.9. The third-order valence-corrected chi connectivity index (χ3v) is 6.34. The smallest absolute Gasteiger partial charge is 0.303 e. The highest BCUT2D eigenvalue weighted by Crippen LogP contribution is 2.40. The molecule has 0 bridgehead atoms. The van der Waals surface area contributed by atoms with Gasteiger partial charge >= 0.3 is 20.2 Å². The summed E-state index contributed by atoms with van der Waals surface area (Å²) in [4.78, 5) is 0. The van der Waals surface area contributed by atoms with Crippen molar-refractivity contribution >= 4 is 31.6 Å². The summed E-state index contributed by atoms with van der Waals surface area (Å²) in [5.41, 5.74) is 9.66. The monoisotopic (exact) mass is 460 g/mol. The molecule has 0 aromatic heterocycles. The van der Waals surface area contributed by atoms with Crippen molar-refractivity contribution in [2.45, 2.75) is 37.6 Å². The van der Waals surface area contributed by atoms with E-state index >= 15 is 0 Å². The molecular formula is C18H24N2O8S2. The molecule has 30 heavy (non-hydrogen) atoms. The Balaban J connectivity index is 2.62. The standard InChI is InChI=1S/C18H24N2O8S2/c1-3-17(29(21,22)23)27-15-9-11(19)5-7-13(15)14-8-6-12(20)10-16(14)28-18(4-2)30(24,25)26/h5-10,17-18H,3-4,19-20H2,1-2H3,(H,21,22,23)(H,24,25,26). The van der Waals surface area contributed by atoms with Gasteiger partial charge in [-0.1, -0.05) is 13.8 Å². The van der Waals surface area contributed by atoms with Crippen LogP contribution < -0.4 is 20.9 Å². The summed E-state index contributed by atoms with van der Waals surface area (Å²) < 4.78 is 76.1. The van der Waals surface area contributed by atoms with Crippen LogP contribution in [0.5, 0.6) is 11.5 Å². The van der Waals surface area contributed by atoms with Gasteiger partial charge in [-0.05, 0) is 37.1 Å². The van der Waals surface area contributed by atoms with E-state index in [1.165, 1.54) is 50.2 Å². The number of nitrogens with two attached hydrogens (primary N) is 2. The number of hydrogen-bond acceptors (Lipinski definition) is 8. The van der Waals surface area contributed by atoms with Gasteiger partial charge in [-0.25, -0.2) is 0 Å². The highest BCUT2D eigenvalue weighted by molar-refractivity contribution is 7.86. The number of benzene rings is 2. The van der Waals surface area contributed by atoms with Crippen LogP contribution in [0.15, 0.2) is 36.4 Å². The minimum atomic E-state index is -4.51. The zero-order valence-electron chi connectivity index (χ0n) is 16.3. The minimum Gasteiger partial charge on any atom is -0.471 e. The van der Waals surface area contributed by atoms with Crippen molar-refractivity contribution in [3.8, 4) is 22.6 Å². The van der Waals surface area contributed by atoms with Gasteiger partial charge < -0.3 is 20.9 Å². The molecule has 6 N–H and O–H groups in total. The molecule has 2 rings (SSSR count). The Morgan fingerprint density at radius 3 is 1.37 bits per heavy atom. The molecule has 0 radical (unpaired) electrons. The number of ether oxygens (including phenoxy) is 2. The number of nitrogen functional groups attached to an aromatic ring is 2. The van der Waals surface area contributed by atoms with E-state index in [2.05, 4.69) is 0 Å². The quantitative estimate of drug-likeness (QED) is 0.321. The summed E-state index contributed by atoms with van der Waals surface area (Å²) in [5, 5.41) is 0. The number of rotatable bonds is 9. The Morgan fingerprint density at radius 2 is 1.10 bits per heavy atom. The molecule has 0 heterocycles. The molecule has 10 nitrogen and oxygen atoms in total. The van der Waals surface area contributed by atoms with Gasteiger partial charge in [-0.15, -0.1) is 0 Å². The number of hydrogen-bond donors (Lipinski definition) is 4. The summed E-state index contributed by atoms with van der Waals surface area (Å²) in [6.45, 7) is 3.03. The maximum atomic E-state index is 11.6. The van der Waals surface area contributed by atoms with Crippen LogP contribution in [-0.4, -0.2) is 36.8 Å². The van der Waals surface area contributed by atoms with Crippen molar-refractivity contribution in [1.29, 1.82) is 0 Å². The Morgan fingerprint density at radius 1 is 0.767 bits per heavy atom. The normalized spacial score (nSPS) is 14.1. The zero-order chi connectivity index (χ0) is 22.7. The molecule has 2 aromatic carbocycles. The van der Waals surface area contributed by atoms with Crippen LogP contribution in [0.4, 0.5) is 11.4 Å². The fourth-order valence-electron chi connectivity index (χ4n) is 2.71. The summed E-state index contributed by atoms with van der Waals surface area (Å²) in [6, 6.07) is 8.82. The lowest BCUT2D eigenvalue weighted by atomic mass is 10.0. The molecule has 2 atom stereocenters. The molecular weight excluding hydrogens is 436 g/mol. The molecule has 0 spiro atoms. The van der Waals surface area contributed by atoms with Crippen LogP contribution in [0.1, 0.15) is 26.7 Å². The average molecular weight is 461 g/mol. The first kappa shape index (κ1) is 23.7. The van der Waals surface area contributed by atoms with Crippen LogP contribution >= 0.6 is 0 Å². The molecule has 2 unspecified atom stereocenters. The summed E-state index contributed by atoms with van der Waals surface area (Å²) in [6.07, 6.45) is -0.0857. The van der Waals surface area contributed by atoms with Crippen LogP contribution in [0.2, 0.25) is 0 Å². The molecule has 0 saturated carbocycles. The van der Waals surface area contributed by atoms with E-state index in [4.69, 9.17) is 20.9 Å². The maximum absolute atomic E-state index is 11.6. The SMILES string of the molecule is CCC(Oc1cc(N)ccc1-c1ccc(N)cc1OC(CC)S(=O)(=O)O)S(=O)(=O)O. The van der Waals surface area contributed by atoms with E-state index in [1.807, 2.05) is 0 Å². The van der Waals surface area contributed by atoms with Gasteiger partial charge in [-0.2, -0.15) is 16.8 Å². The average Bonchev–Trinajstić information content (AvgIpc) is 2.63. The fraction of sp³-hybridized carbons (Fsp3) is 0.333. The van der Waals surface area contributed by atoms with Crippen LogP contribution in [0, 0.1) is 0 Å². The first-order valence-corrected chi connectivity index (χ1v) is 11.9. The third kappa shape index (κ3) is 5.75. The van der Waals surface area contributed by atoms with Crippen LogP contribution in [0.25, 0.3) is 11.1 Å². The van der Waals surface area contributed by atoms with Crippen molar-refractivity contribution in [2.24, 2.45) is 0 Å². The van der Waals surface area contributed by atoms with Crippen molar-refractivity contribution < 1.29 is 35.4 Å². The molecule has 0 amide bonds. The number of anilines is 2. The van der Waals surface area contributed by atoms with Gasteiger partial charge in [0.2, 0.25) is 10.9 Å². The first-order valence-electron chi connectivity index (χ1n) is 8.92. The van der Waals surface area contributed by atoms with Crippen LogP contribution in [-0.2, 0) is 20.2 Å². The van der Waals surface area contributed by atoms with Gasteiger partial charge in [0.15, 0.2) is 0 Å². The van der Waals surface area contributed by atoms with Crippen molar-refractivity contribution in [3.05, 3.63) is 36.4 Å². The summed E-state index contributed by atoms with van der Waals surface area (Å²) >= 11 is 0. The Hall–Kier alpha value is -2.54. The van der Waals surface area contributed by atoms with E-state index in [9.17, 15) is 25.9 Å². The molecule has 0 fully saturated rings. The van der Waals surface area contributed by atoms with Gasteiger partial charge in [0, 0.05) is 34.6 Å². The van der Waals surface area contributed by atoms with Crippen molar-refractivity contribution in [1.82, 2.24) is 0 Å². The molecule has 2 aromatic rings. The summed E-state index contributed by atoms with van der Waals surface area (Å²) in [7, 11) is -9.02. The van der Waals surface area contributed by atoms with E-state index < -0.39 is 31.1 Å². The second kappa shape index (κ2) is 9.08. The molecule has 0 aliphatic rings. The highest BCUT2D eigenvalue weighted by atomic mass is 32.2. The van der Waals surface area contributed by atoms with E-state index in [1.54, 1.807) is 0 Å². The second-order valence-electron chi connectivity index (χ2n) is 6.45. The molecule has 12 heteroatoms. The molecule has 0 aliphatic heterocycles. The predicted molar refractivity (Wildman–Crippen MR) is 113 cm³/mol. The maximum Gasteiger partial charge on any atom is 0.303 e. The van der Waals surface area contributed by atoms with E-state index in [0.29, 0.717) is 11.1 Å². The molecule has 0 aliphatic carbocycles. The molecule has 0 saturated heterocycles. The Kier molecular flexibility index (Phi) is 7.18. The lowest BCUT2D eigenvalue weighted by molar-refractivity contribution is 0.250. The topological polar surface area (TPSA) is 179 Å². The highest BCUT2D eigenvalue weighted by Gasteiger charge is 2.27. The van der Waals surface area contributed by atoms with Crippen LogP contribution in [0.3, 0.4) is 0 Å². The lowest BCUT2D eigenvalue weighted by Gasteiger charge is -2.21. The Bertz CT molecular complexity index is 1030. The second-order valence-corrected chi connectivity index (χ2v) is 9.56. The van der Waals surface area contributed by atoms with Gasteiger partial charge in [-0.3, -0.25) is 9.11 Å². The molecule has 166 valence electrons.